The highest BCUT2D eigenvalue weighted by atomic mass is 15.3. The molecule has 3 nitrogen and oxygen atoms in total. The summed E-state index contributed by atoms with van der Waals surface area (Å²) in [6.45, 7) is 11.8. The number of benzene rings is 1. The lowest BCUT2D eigenvalue weighted by Crippen LogP contribution is -2.49. The summed E-state index contributed by atoms with van der Waals surface area (Å²) in [5.74, 6) is 0. The highest BCUT2D eigenvalue weighted by molar-refractivity contribution is 5.42. The van der Waals surface area contributed by atoms with Crippen LogP contribution in [0.25, 0.3) is 0 Å². The zero-order valence-corrected chi connectivity index (χ0v) is 12.3. The number of anilines is 1. The summed E-state index contributed by atoms with van der Waals surface area (Å²) in [4.78, 5) is 5.16. The van der Waals surface area contributed by atoms with Crippen molar-refractivity contribution in [2.24, 2.45) is 0 Å². The van der Waals surface area contributed by atoms with Crippen LogP contribution in [0.3, 0.4) is 0 Å². The summed E-state index contributed by atoms with van der Waals surface area (Å²) in [6.07, 6.45) is 1.22. The van der Waals surface area contributed by atoms with Gasteiger partial charge in [0.25, 0.3) is 0 Å². The molecule has 0 unspecified atom stereocenters. The Morgan fingerprint density at radius 1 is 1.05 bits per heavy atom. The fourth-order valence-electron chi connectivity index (χ4n) is 2.59. The third kappa shape index (κ3) is 4.84. The van der Waals surface area contributed by atoms with Crippen LogP contribution in [0.1, 0.15) is 20.3 Å². The van der Waals surface area contributed by atoms with Crippen LogP contribution >= 0.6 is 0 Å². The maximum absolute atomic E-state index is 3.47. The summed E-state index contributed by atoms with van der Waals surface area (Å²) in [7, 11) is 0. The maximum atomic E-state index is 3.47. The molecule has 0 aliphatic carbocycles. The molecule has 1 fully saturated rings. The van der Waals surface area contributed by atoms with Crippen LogP contribution in [0.15, 0.2) is 30.3 Å². The number of hydrogen-bond acceptors (Lipinski definition) is 3. The molecule has 1 N–H and O–H groups in total. The molecule has 1 aliphatic heterocycles. The molecule has 1 saturated heterocycles. The van der Waals surface area contributed by atoms with Crippen molar-refractivity contribution in [3.8, 4) is 0 Å². The lowest BCUT2D eigenvalue weighted by atomic mass is 10.2. The Morgan fingerprint density at radius 2 is 1.74 bits per heavy atom. The van der Waals surface area contributed by atoms with Crippen molar-refractivity contribution in [3.05, 3.63) is 30.3 Å². The molecule has 3 heteroatoms. The van der Waals surface area contributed by atoms with Crippen LogP contribution in [0.4, 0.5) is 5.69 Å². The molecule has 0 bridgehead atoms. The smallest absolute Gasteiger partial charge is 0.0340 e. The van der Waals surface area contributed by atoms with Crippen LogP contribution in [-0.2, 0) is 0 Å². The minimum Gasteiger partial charge on any atom is -0.385 e. The number of para-hydroxylation sites is 1. The Kier molecular flexibility index (Phi) is 5.67. The van der Waals surface area contributed by atoms with Crippen LogP contribution in [0.5, 0.6) is 0 Å². The largest absolute Gasteiger partial charge is 0.385 e. The molecule has 0 aromatic heterocycles. The van der Waals surface area contributed by atoms with Gasteiger partial charge >= 0.3 is 0 Å². The van der Waals surface area contributed by atoms with Gasteiger partial charge in [-0.2, -0.15) is 0 Å². The van der Waals surface area contributed by atoms with E-state index in [0.717, 1.165) is 6.54 Å². The quantitative estimate of drug-likeness (QED) is 0.794. The fourth-order valence-corrected chi connectivity index (χ4v) is 2.59. The Labute approximate surface area is 117 Å². The second-order valence-electron chi connectivity index (χ2n) is 5.62. The molecule has 19 heavy (non-hydrogen) atoms. The SMILES string of the molecule is CC(C)N1CCN(CCCNc2ccccc2)CC1. The van der Waals surface area contributed by atoms with E-state index in [1.54, 1.807) is 0 Å². The molecule has 1 aromatic carbocycles. The summed E-state index contributed by atoms with van der Waals surface area (Å²) in [5.41, 5.74) is 1.23. The van der Waals surface area contributed by atoms with Crippen molar-refractivity contribution in [1.29, 1.82) is 0 Å². The van der Waals surface area contributed by atoms with E-state index in [9.17, 15) is 0 Å². The van der Waals surface area contributed by atoms with Gasteiger partial charge in [-0.05, 0) is 38.9 Å². The second kappa shape index (κ2) is 7.51. The lowest BCUT2D eigenvalue weighted by molar-refractivity contribution is 0.108. The predicted octanol–water partition coefficient (Wildman–Crippen LogP) is 2.51. The predicted molar refractivity (Wildman–Crippen MR) is 82.7 cm³/mol. The molecule has 1 aromatic rings. The third-order valence-electron chi connectivity index (χ3n) is 3.89. The number of piperazine rings is 1. The Bertz CT molecular complexity index is 342. The molecule has 1 heterocycles. The topological polar surface area (TPSA) is 18.5 Å². The average Bonchev–Trinajstić information content (AvgIpc) is 2.45. The van der Waals surface area contributed by atoms with Gasteiger partial charge in [0.2, 0.25) is 0 Å². The van der Waals surface area contributed by atoms with Crippen molar-refractivity contribution in [1.82, 2.24) is 9.80 Å². The minimum atomic E-state index is 0.696. The standard InChI is InChI=1S/C16H27N3/c1-15(2)19-13-11-18(12-14-19)10-6-9-17-16-7-4-3-5-8-16/h3-5,7-8,15,17H,6,9-14H2,1-2H3. The number of nitrogens with one attached hydrogen (secondary N) is 1. The summed E-state index contributed by atoms with van der Waals surface area (Å²) < 4.78 is 0. The summed E-state index contributed by atoms with van der Waals surface area (Å²) in [5, 5.41) is 3.47. The fraction of sp³-hybridized carbons (Fsp3) is 0.625. The molecule has 2 rings (SSSR count). The van der Waals surface area contributed by atoms with Gasteiger partial charge in [0.15, 0.2) is 0 Å². The summed E-state index contributed by atoms with van der Waals surface area (Å²) >= 11 is 0. The highest BCUT2D eigenvalue weighted by Gasteiger charge is 2.17. The van der Waals surface area contributed by atoms with E-state index < -0.39 is 0 Å². The first-order valence-corrected chi connectivity index (χ1v) is 7.51. The monoisotopic (exact) mass is 261 g/mol. The van der Waals surface area contributed by atoms with E-state index in [0.29, 0.717) is 6.04 Å². The van der Waals surface area contributed by atoms with Crippen LogP contribution < -0.4 is 5.32 Å². The van der Waals surface area contributed by atoms with Gasteiger partial charge in [0.1, 0.15) is 0 Å². The minimum absolute atomic E-state index is 0.696. The number of hydrogen-bond donors (Lipinski definition) is 1. The molecule has 1 aliphatic rings. The zero-order chi connectivity index (χ0) is 13.5. The van der Waals surface area contributed by atoms with Crippen LogP contribution in [-0.4, -0.2) is 55.1 Å². The maximum Gasteiger partial charge on any atom is 0.0340 e. The number of nitrogens with zero attached hydrogens (tertiary/aromatic N) is 2. The molecular weight excluding hydrogens is 234 g/mol. The van der Waals surface area contributed by atoms with E-state index in [4.69, 9.17) is 0 Å². The molecule has 0 amide bonds. The molecule has 106 valence electrons. The molecular formula is C16H27N3. The molecule has 0 atom stereocenters. The van der Waals surface area contributed by atoms with Gasteiger partial charge < -0.3 is 10.2 Å². The van der Waals surface area contributed by atoms with E-state index in [1.807, 2.05) is 0 Å². The Morgan fingerprint density at radius 3 is 2.37 bits per heavy atom. The van der Waals surface area contributed by atoms with Gasteiger partial charge in [0, 0.05) is 44.5 Å². The Hall–Kier alpha value is -1.06. The third-order valence-corrected chi connectivity index (χ3v) is 3.89. The van der Waals surface area contributed by atoms with Crippen LogP contribution in [0, 0.1) is 0 Å². The Balaban J connectivity index is 1.57. The first-order chi connectivity index (χ1) is 9.25. The van der Waals surface area contributed by atoms with E-state index >= 15 is 0 Å². The van der Waals surface area contributed by atoms with Gasteiger partial charge in [-0.25, -0.2) is 0 Å². The van der Waals surface area contributed by atoms with Crippen molar-refractivity contribution < 1.29 is 0 Å². The number of rotatable bonds is 6. The van der Waals surface area contributed by atoms with E-state index in [1.165, 1.54) is 44.8 Å². The first-order valence-electron chi connectivity index (χ1n) is 7.51. The zero-order valence-electron chi connectivity index (χ0n) is 12.3. The summed E-state index contributed by atoms with van der Waals surface area (Å²) in [6, 6.07) is 11.2. The normalized spacial score (nSPS) is 17.8. The molecule has 0 radical (unpaired) electrons. The van der Waals surface area contributed by atoms with Gasteiger partial charge in [-0.1, -0.05) is 18.2 Å². The van der Waals surface area contributed by atoms with E-state index in [2.05, 4.69) is 59.3 Å². The highest BCUT2D eigenvalue weighted by Crippen LogP contribution is 2.07. The lowest BCUT2D eigenvalue weighted by Gasteiger charge is -2.36. The molecule has 0 saturated carbocycles. The second-order valence-corrected chi connectivity index (χ2v) is 5.62. The average molecular weight is 261 g/mol. The first kappa shape index (κ1) is 14.4. The van der Waals surface area contributed by atoms with Gasteiger partial charge in [-0.15, -0.1) is 0 Å². The van der Waals surface area contributed by atoms with Gasteiger partial charge in [0.05, 0.1) is 0 Å². The van der Waals surface area contributed by atoms with Crippen molar-refractivity contribution >= 4 is 5.69 Å². The van der Waals surface area contributed by atoms with E-state index in [-0.39, 0.29) is 0 Å². The van der Waals surface area contributed by atoms with Gasteiger partial charge in [-0.3, -0.25) is 4.90 Å². The van der Waals surface area contributed by atoms with Crippen molar-refractivity contribution in [2.45, 2.75) is 26.3 Å². The van der Waals surface area contributed by atoms with Crippen molar-refractivity contribution in [2.75, 3.05) is 44.6 Å². The van der Waals surface area contributed by atoms with Crippen molar-refractivity contribution in [3.63, 3.8) is 0 Å². The molecule has 0 spiro atoms. The van der Waals surface area contributed by atoms with Crippen LogP contribution in [0.2, 0.25) is 0 Å².